The quantitative estimate of drug-likeness (QED) is 0.796. The lowest BCUT2D eigenvalue weighted by atomic mass is 10.0. The minimum Gasteiger partial charge on any atom is -0.374 e. The van der Waals surface area contributed by atoms with Gasteiger partial charge in [-0.15, -0.1) is 0 Å². The fourth-order valence-corrected chi connectivity index (χ4v) is 4.11. The van der Waals surface area contributed by atoms with Crippen LogP contribution < -0.4 is 0 Å². The Balaban J connectivity index is 1.46. The number of pyridine rings is 1. The lowest BCUT2D eigenvalue weighted by Gasteiger charge is -2.33. The summed E-state index contributed by atoms with van der Waals surface area (Å²) < 4.78 is 12.2. The van der Waals surface area contributed by atoms with Crippen molar-refractivity contribution in [3.63, 3.8) is 0 Å². The zero-order chi connectivity index (χ0) is 16.4. The van der Waals surface area contributed by atoms with Gasteiger partial charge in [-0.3, -0.25) is 9.78 Å². The van der Waals surface area contributed by atoms with E-state index in [0.717, 1.165) is 31.2 Å². The lowest BCUT2D eigenvalue weighted by molar-refractivity contribution is -0.140. The van der Waals surface area contributed by atoms with E-state index in [-0.39, 0.29) is 30.1 Å². The first-order valence-corrected chi connectivity index (χ1v) is 8.90. The van der Waals surface area contributed by atoms with E-state index in [1.165, 1.54) is 0 Å². The van der Waals surface area contributed by atoms with Crippen LogP contribution in [0.15, 0.2) is 36.7 Å². The number of fused-ring (bicyclic) bond motifs is 2. The van der Waals surface area contributed by atoms with E-state index in [9.17, 15) is 4.79 Å². The summed E-state index contributed by atoms with van der Waals surface area (Å²) in [5.41, 5.74) is 1.05. The summed E-state index contributed by atoms with van der Waals surface area (Å²) in [6.45, 7) is 1.81. The molecule has 5 heteroatoms. The molecule has 2 heterocycles. The van der Waals surface area contributed by atoms with Crippen LogP contribution in [-0.4, -0.2) is 47.2 Å². The molecule has 0 aromatic carbocycles. The minimum atomic E-state index is -0.0361. The topological polar surface area (TPSA) is 51.7 Å². The summed E-state index contributed by atoms with van der Waals surface area (Å²) in [6.07, 6.45) is 11.6. The molecule has 3 atom stereocenters. The van der Waals surface area contributed by atoms with Crippen molar-refractivity contribution in [2.24, 2.45) is 5.92 Å². The number of nitrogens with zero attached hydrogens (tertiary/aromatic N) is 2. The fraction of sp³-hybridized carbons (Fsp3) is 0.579. The molecule has 1 aliphatic heterocycles. The molecule has 1 aromatic rings. The number of allylic oxidation sites excluding steroid dienone is 2. The molecule has 5 nitrogen and oxygen atoms in total. The minimum absolute atomic E-state index is 0.0361. The molecule has 4 rings (SSSR count). The van der Waals surface area contributed by atoms with E-state index in [1.807, 2.05) is 23.2 Å². The van der Waals surface area contributed by atoms with Crippen LogP contribution in [0.3, 0.4) is 0 Å². The van der Waals surface area contributed by atoms with Gasteiger partial charge in [0.15, 0.2) is 0 Å². The Hall–Kier alpha value is -1.72. The molecule has 0 radical (unpaired) electrons. The monoisotopic (exact) mass is 328 g/mol. The van der Waals surface area contributed by atoms with Crippen molar-refractivity contribution in [2.45, 2.75) is 50.5 Å². The molecule has 3 aliphatic rings. The molecule has 0 N–H and O–H groups in total. The van der Waals surface area contributed by atoms with Crippen LogP contribution in [0.4, 0.5) is 0 Å². The normalized spacial score (nSPS) is 29.8. The summed E-state index contributed by atoms with van der Waals surface area (Å²) in [4.78, 5) is 19.1. The number of rotatable bonds is 4. The smallest absolute Gasteiger partial charge is 0.226 e. The van der Waals surface area contributed by atoms with Crippen molar-refractivity contribution in [1.82, 2.24) is 9.88 Å². The molecule has 0 spiro atoms. The summed E-state index contributed by atoms with van der Waals surface area (Å²) in [7, 11) is 0. The summed E-state index contributed by atoms with van der Waals surface area (Å²) >= 11 is 0. The first kappa shape index (κ1) is 15.8. The van der Waals surface area contributed by atoms with E-state index in [4.69, 9.17) is 9.47 Å². The van der Waals surface area contributed by atoms with Gasteiger partial charge in [0.25, 0.3) is 0 Å². The molecule has 1 amide bonds. The SMILES string of the molecule is O=C(C1CC=CC1)N1CCO[C@H]2CC[C@H]1[C@H]2OCc1cccnc1. The largest absolute Gasteiger partial charge is 0.374 e. The van der Waals surface area contributed by atoms with Gasteiger partial charge in [-0.2, -0.15) is 0 Å². The van der Waals surface area contributed by atoms with Gasteiger partial charge in [-0.1, -0.05) is 18.2 Å². The van der Waals surface area contributed by atoms with E-state index in [1.54, 1.807) is 6.20 Å². The lowest BCUT2D eigenvalue weighted by Crippen LogP contribution is -2.48. The first-order valence-electron chi connectivity index (χ1n) is 8.90. The molecular weight excluding hydrogens is 304 g/mol. The van der Waals surface area contributed by atoms with E-state index < -0.39 is 0 Å². The molecule has 0 unspecified atom stereocenters. The van der Waals surface area contributed by atoms with Crippen LogP contribution in [0, 0.1) is 5.92 Å². The Bertz CT molecular complexity index is 596. The molecular formula is C19H24N2O3. The third kappa shape index (κ3) is 3.10. The highest BCUT2D eigenvalue weighted by molar-refractivity contribution is 5.80. The van der Waals surface area contributed by atoms with Crippen molar-refractivity contribution in [2.75, 3.05) is 13.2 Å². The van der Waals surface area contributed by atoms with Gasteiger partial charge >= 0.3 is 0 Å². The fourth-order valence-electron chi connectivity index (χ4n) is 4.11. The maximum Gasteiger partial charge on any atom is 0.226 e. The Morgan fingerprint density at radius 1 is 1.33 bits per heavy atom. The van der Waals surface area contributed by atoms with Crippen molar-refractivity contribution in [3.8, 4) is 0 Å². The number of aromatic nitrogens is 1. The highest BCUT2D eigenvalue weighted by Crippen LogP contribution is 2.34. The molecule has 24 heavy (non-hydrogen) atoms. The standard InChI is InChI=1S/C19H24N2O3/c22-19(15-5-1-2-6-15)21-10-11-23-17-8-7-16(21)18(17)24-13-14-4-3-9-20-12-14/h1-4,9,12,15-18H,5-8,10-11,13H2/t16-,17-,18+/m0/s1. The number of ether oxygens (including phenoxy) is 2. The number of carbonyl (C=O) groups excluding carboxylic acids is 1. The van der Waals surface area contributed by atoms with Gasteiger partial charge in [0.1, 0.15) is 6.10 Å². The van der Waals surface area contributed by atoms with E-state index in [2.05, 4.69) is 17.1 Å². The predicted octanol–water partition coefficient (Wildman–Crippen LogP) is 2.32. The van der Waals surface area contributed by atoms with Gasteiger partial charge in [0.05, 0.1) is 25.4 Å². The van der Waals surface area contributed by atoms with Crippen LogP contribution in [0.2, 0.25) is 0 Å². The Morgan fingerprint density at radius 3 is 3.00 bits per heavy atom. The Labute approximate surface area is 142 Å². The second-order valence-corrected chi connectivity index (χ2v) is 6.86. The second kappa shape index (κ2) is 7.03. The van der Waals surface area contributed by atoms with E-state index in [0.29, 0.717) is 19.8 Å². The zero-order valence-corrected chi connectivity index (χ0v) is 13.8. The summed E-state index contributed by atoms with van der Waals surface area (Å²) in [5.74, 6) is 0.382. The van der Waals surface area contributed by atoms with Gasteiger partial charge in [-0.25, -0.2) is 0 Å². The number of carbonyl (C=O) groups is 1. The molecule has 1 saturated heterocycles. The van der Waals surface area contributed by atoms with Gasteiger partial charge in [-0.05, 0) is 37.3 Å². The predicted molar refractivity (Wildman–Crippen MR) is 89.2 cm³/mol. The third-order valence-corrected chi connectivity index (χ3v) is 5.36. The molecule has 2 bridgehead atoms. The third-order valence-electron chi connectivity index (χ3n) is 5.36. The average molecular weight is 328 g/mol. The number of hydrogen-bond donors (Lipinski definition) is 0. The number of amides is 1. The maximum absolute atomic E-state index is 12.9. The molecule has 2 aliphatic carbocycles. The van der Waals surface area contributed by atoms with Crippen LogP contribution >= 0.6 is 0 Å². The van der Waals surface area contributed by atoms with Crippen molar-refractivity contribution >= 4 is 5.91 Å². The zero-order valence-electron chi connectivity index (χ0n) is 13.8. The maximum atomic E-state index is 12.9. The highest BCUT2D eigenvalue weighted by Gasteiger charge is 2.45. The molecule has 2 fully saturated rings. The van der Waals surface area contributed by atoms with Crippen LogP contribution in [0.5, 0.6) is 0 Å². The van der Waals surface area contributed by atoms with Crippen LogP contribution in [0.25, 0.3) is 0 Å². The number of hydrogen-bond acceptors (Lipinski definition) is 4. The van der Waals surface area contributed by atoms with Crippen molar-refractivity contribution < 1.29 is 14.3 Å². The summed E-state index contributed by atoms with van der Waals surface area (Å²) in [5, 5.41) is 0. The van der Waals surface area contributed by atoms with Crippen molar-refractivity contribution in [3.05, 3.63) is 42.2 Å². The summed E-state index contributed by atoms with van der Waals surface area (Å²) in [6, 6.07) is 4.07. The van der Waals surface area contributed by atoms with Crippen molar-refractivity contribution in [1.29, 1.82) is 0 Å². The van der Waals surface area contributed by atoms with Gasteiger partial charge in [0.2, 0.25) is 5.91 Å². The molecule has 1 aromatic heterocycles. The second-order valence-electron chi connectivity index (χ2n) is 6.86. The molecule has 128 valence electrons. The van der Waals surface area contributed by atoms with Crippen LogP contribution in [-0.2, 0) is 20.9 Å². The van der Waals surface area contributed by atoms with Gasteiger partial charge < -0.3 is 14.4 Å². The molecule has 1 saturated carbocycles. The van der Waals surface area contributed by atoms with Crippen LogP contribution in [0.1, 0.15) is 31.2 Å². The first-order chi connectivity index (χ1) is 11.8. The highest BCUT2D eigenvalue weighted by atomic mass is 16.5. The van der Waals surface area contributed by atoms with E-state index >= 15 is 0 Å². The average Bonchev–Trinajstić information content (AvgIpc) is 3.22. The Morgan fingerprint density at radius 2 is 2.21 bits per heavy atom. The Kier molecular flexibility index (Phi) is 4.63. The van der Waals surface area contributed by atoms with Gasteiger partial charge in [0, 0.05) is 24.9 Å².